The highest BCUT2D eigenvalue weighted by Crippen LogP contribution is 2.30. The van der Waals surface area contributed by atoms with E-state index in [0.717, 1.165) is 28.2 Å². The van der Waals surface area contributed by atoms with E-state index in [1.165, 1.54) is 11.3 Å². The minimum atomic E-state index is -0.182. The number of nitrogens with zero attached hydrogens (tertiary/aromatic N) is 1. The molecule has 0 radical (unpaired) electrons. The topological polar surface area (TPSA) is 59.9 Å². The Kier molecular flexibility index (Phi) is 5.83. The van der Waals surface area contributed by atoms with E-state index >= 15 is 0 Å². The van der Waals surface area contributed by atoms with E-state index in [1.807, 2.05) is 48.5 Å². The number of methoxy groups -OCH3 is 1. The Hall–Kier alpha value is -2.83. The number of hydrogen-bond donors (Lipinski definition) is 1. The van der Waals surface area contributed by atoms with Crippen molar-refractivity contribution >= 4 is 34.6 Å². The lowest BCUT2D eigenvalue weighted by Gasteiger charge is -2.10. The van der Waals surface area contributed by atoms with Crippen molar-refractivity contribution < 1.29 is 14.4 Å². The van der Waals surface area contributed by atoms with Gasteiger partial charge >= 0.3 is 0 Å². The fraction of sp³-hybridized carbons (Fsp3) is 0.182. The van der Waals surface area contributed by atoms with Gasteiger partial charge in [-0.15, -0.1) is 11.3 Å². The summed E-state index contributed by atoms with van der Waals surface area (Å²) >= 11 is 7.13. The van der Waals surface area contributed by atoms with Crippen LogP contribution in [0.1, 0.15) is 21.7 Å². The second-order valence-corrected chi connectivity index (χ2v) is 8.28. The van der Waals surface area contributed by atoms with Crippen LogP contribution in [0.5, 0.6) is 5.75 Å². The second kappa shape index (κ2) is 8.68. The molecule has 0 saturated heterocycles. The maximum absolute atomic E-state index is 12.1. The van der Waals surface area contributed by atoms with E-state index in [-0.39, 0.29) is 12.0 Å². The summed E-state index contributed by atoms with van der Waals surface area (Å²) in [5, 5.41) is 7.07. The Balaban J connectivity index is 1.36. The first-order valence-electron chi connectivity index (χ1n) is 9.14. The van der Waals surface area contributed by atoms with Gasteiger partial charge in [0.05, 0.1) is 28.6 Å². The molecule has 1 aromatic heterocycles. The number of thiophene rings is 1. The predicted molar refractivity (Wildman–Crippen MR) is 116 cm³/mol. The molecule has 1 N–H and O–H groups in total. The van der Waals surface area contributed by atoms with Gasteiger partial charge in [0, 0.05) is 12.0 Å². The van der Waals surface area contributed by atoms with E-state index < -0.39 is 0 Å². The number of hydrogen-bond acceptors (Lipinski definition) is 5. The molecule has 5 nitrogen and oxygen atoms in total. The molecule has 1 aliphatic heterocycles. The summed E-state index contributed by atoms with van der Waals surface area (Å²) in [5.41, 5.74) is 3.99. The minimum absolute atomic E-state index is 0.153. The van der Waals surface area contributed by atoms with Crippen molar-refractivity contribution in [1.82, 2.24) is 5.32 Å². The van der Waals surface area contributed by atoms with Gasteiger partial charge in [0.1, 0.15) is 11.9 Å². The lowest BCUT2D eigenvalue weighted by molar-refractivity contribution is 0.0755. The molecule has 1 unspecified atom stereocenters. The normalized spacial score (nSPS) is 15.5. The van der Waals surface area contributed by atoms with Gasteiger partial charge in [0.2, 0.25) is 0 Å². The maximum Gasteiger partial charge on any atom is 0.261 e. The van der Waals surface area contributed by atoms with Crippen molar-refractivity contribution in [2.24, 2.45) is 5.16 Å². The fourth-order valence-electron chi connectivity index (χ4n) is 3.16. The SMILES string of the molecule is COc1ccccc1-c1ccc(C2=NOC(CNC(=O)c3ccc(Cl)s3)C2)cc1. The first kappa shape index (κ1) is 19.5. The molecule has 4 rings (SSSR count). The zero-order valence-corrected chi connectivity index (χ0v) is 17.3. The lowest BCUT2D eigenvalue weighted by atomic mass is 9.99. The number of carbonyl (C=O) groups is 1. The Morgan fingerprint density at radius 2 is 1.93 bits per heavy atom. The quantitative estimate of drug-likeness (QED) is 0.603. The molecule has 29 heavy (non-hydrogen) atoms. The van der Waals surface area contributed by atoms with Crippen molar-refractivity contribution in [3.8, 4) is 16.9 Å². The van der Waals surface area contributed by atoms with Crippen molar-refractivity contribution in [3.05, 3.63) is 75.4 Å². The van der Waals surface area contributed by atoms with Crippen molar-refractivity contribution in [1.29, 1.82) is 0 Å². The van der Waals surface area contributed by atoms with Crippen molar-refractivity contribution in [2.75, 3.05) is 13.7 Å². The molecule has 148 valence electrons. The summed E-state index contributed by atoms with van der Waals surface area (Å²) in [6.45, 7) is 0.390. The molecule has 1 aliphatic rings. The number of nitrogens with one attached hydrogen (secondary N) is 1. The summed E-state index contributed by atoms with van der Waals surface area (Å²) in [6, 6.07) is 19.5. The van der Waals surface area contributed by atoms with Gasteiger partial charge in [-0.3, -0.25) is 4.79 Å². The largest absolute Gasteiger partial charge is 0.496 e. The summed E-state index contributed by atoms with van der Waals surface area (Å²) in [5.74, 6) is 0.685. The molecule has 0 aliphatic carbocycles. The van der Waals surface area contributed by atoms with Crippen LogP contribution < -0.4 is 10.1 Å². The number of benzene rings is 2. The molecule has 2 heterocycles. The third kappa shape index (κ3) is 4.44. The minimum Gasteiger partial charge on any atom is -0.496 e. The van der Waals surface area contributed by atoms with Crippen LogP contribution in [0.3, 0.4) is 0 Å². The first-order chi connectivity index (χ1) is 14.1. The molecule has 7 heteroatoms. The number of carbonyl (C=O) groups excluding carboxylic acids is 1. The number of rotatable bonds is 6. The zero-order valence-electron chi connectivity index (χ0n) is 15.7. The molecule has 0 bridgehead atoms. The lowest BCUT2D eigenvalue weighted by Crippen LogP contribution is -2.31. The molecule has 3 aromatic rings. The molecule has 0 saturated carbocycles. The van der Waals surface area contributed by atoms with Crippen molar-refractivity contribution in [3.63, 3.8) is 0 Å². The smallest absolute Gasteiger partial charge is 0.261 e. The third-order valence-electron chi connectivity index (χ3n) is 4.66. The molecular formula is C22H19ClN2O3S. The summed E-state index contributed by atoms with van der Waals surface area (Å²) in [6.07, 6.45) is 0.456. The van der Waals surface area contributed by atoms with Gasteiger partial charge in [-0.2, -0.15) is 0 Å². The van der Waals surface area contributed by atoms with Crippen LogP contribution in [0.25, 0.3) is 11.1 Å². The highest BCUT2D eigenvalue weighted by molar-refractivity contribution is 7.18. The Labute approximate surface area is 177 Å². The number of oxime groups is 1. The number of halogens is 1. The average molecular weight is 427 g/mol. The van der Waals surface area contributed by atoms with Gasteiger partial charge in [-0.1, -0.05) is 59.2 Å². The van der Waals surface area contributed by atoms with E-state index in [1.54, 1.807) is 19.2 Å². The zero-order chi connectivity index (χ0) is 20.2. The maximum atomic E-state index is 12.1. The standard InChI is InChI=1S/C22H19ClN2O3S/c1-27-19-5-3-2-4-17(19)14-6-8-15(9-7-14)18-12-16(28-25-18)13-24-22(26)20-10-11-21(23)29-20/h2-11,16H,12-13H2,1H3,(H,24,26). The molecule has 1 atom stereocenters. The highest BCUT2D eigenvalue weighted by Gasteiger charge is 2.23. The molecule has 0 fully saturated rings. The van der Waals surface area contributed by atoms with E-state index in [0.29, 0.717) is 22.2 Å². The van der Waals surface area contributed by atoms with Crippen LogP contribution in [0.4, 0.5) is 0 Å². The number of amides is 1. The van der Waals surface area contributed by atoms with Gasteiger partial charge in [0.25, 0.3) is 5.91 Å². The monoisotopic (exact) mass is 426 g/mol. The van der Waals surface area contributed by atoms with Crippen LogP contribution in [-0.4, -0.2) is 31.4 Å². The van der Waals surface area contributed by atoms with Crippen LogP contribution in [0.15, 0.2) is 65.8 Å². The van der Waals surface area contributed by atoms with Gasteiger partial charge < -0.3 is 14.9 Å². The number of ether oxygens (including phenoxy) is 1. The van der Waals surface area contributed by atoms with Crippen LogP contribution in [-0.2, 0) is 4.84 Å². The Morgan fingerprint density at radius 1 is 1.17 bits per heavy atom. The van der Waals surface area contributed by atoms with Crippen LogP contribution in [0, 0.1) is 0 Å². The van der Waals surface area contributed by atoms with Crippen LogP contribution in [0.2, 0.25) is 4.34 Å². The van der Waals surface area contributed by atoms with Gasteiger partial charge in [-0.25, -0.2) is 0 Å². The summed E-state index contributed by atoms with van der Waals surface area (Å²) in [7, 11) is 1.67. The van der Waals surface area contributed by atoms with E-state index in [4.69, 9.17) is 21.2 Å². The van der Waals surface area contributed by atoms with E-state index in [2.05, 4.69) is 10.5 Å². The third-order valence-corrected chi connectivity index (χ3v) is 5.89. The second-order valence-electron chi connectivity index (χ2n) is 6.56. The van der Waals surface area contributed by atoms with Gasteiger partial charge in [-0.05, 0) is 29.3 Å². The Morgan fingerprint density at radius 3 is 2.66 bits per heavy atom. The van der Waals surface area contributed by atoms with Gasteiger partial charge in [0.15, 0.2) is 0 Å². The molecular weight excluding hydrogens is 408 g/mol. The number of para-hydroxylation sites is 1. The predicted octanol–water partition coefficient (Wildman–Crippen LogP) is 5.00. The fourth-order valence-corrected chi connectivity index (χ4v) is 4.12. The summed E-state index contributed by atoms with van der Waals surface area (Å²) in [4.78, 5) is 18.2. The van der Waals surface area contributed by atoms with E-state index in [9.17, 15) is 4.79 Å². The summed E-state index contributed by atoms with van der Waals surface area (Å²) < 4.78 is 6.03. The highest BCUT2D eigenvalue weighted by atomic mass is 35.5. The average Bonchev–Trinajstić information content (AvgIpc) is 3.41. The Bertz CT molecular complexity index is 1050. The molecule has 1 amide bonds. The van der Waals surface area contributed by atoms with Crippen LogP contribution >= 0.6 is 22.9 Å². The molecule has 0 spiro atoms. The first-order valence-corrected chi connectivity index (χ1v) is 10.3. The van der Waals surface area contributed by atoms with Crippen molar-refractivity contribution in [2.45, 2.75) is 12.5 Å². The molecule has 2 aromatic carbocycles.